The molecule has 3 aromatic rings. The fourth-order valence-corrected chi connectivity index (χ4v) is 3.20. The van der Waals surface area contributed by atoms with Crippen molar-refractivity contribution in [3.63, 3.8) is 0 Å². The molecular formula is C25H27FN2O2. The molecule has 0 saturated carbocycles. The minimum atomic E-state index is -0.596. The van der Waals surface area contributed by atoms with Gasteiger partial charge in [0.15, 0.2) is 11.6 Å². The summed E-state index contributed by atoms with van der Waals surface area (Å²) in [5, 5.41) is 0. The lowest BCUT2D eigenvalue weighted by Crippen LogP contribution is -2.09. The largest absolute Gasteiger partial charge is 0.420 e. The van der Waals surface area contributed by atoms with Crippen molar-refractivity contribution in [1.29, 1.82) is 0 Å². The van der Waals surface area contributed by atoms with Gasteiger partial charge < -0.3 is 4.74 Å². The van der Waals surface area contributed by atoms with E-state index in [9.17, 15) is 9.18 Å². The van der Waals surface area contributed by atoms with E-state index in [0.29, 0.717) is 5.56 Å². The van der Waals surface area contributed by atoms with Gasteiger partial charge in [-0.25, -0.2) is 9.18 Å². The maximum Gasteiger partial charge on any atom is 0.343 e. The smallest absolute Gasteiger partial charge is 0.343 e. The molecule has 3 rings (SSSR count). The highest BCUT2D eigenvalue weighted by molar-refractivity contribution is 5.91. The van der Waals surface area contributed by atoms with Gasteiger partial charge in [-0.05, 0) is 49.1 Å². The first-order chi connectivity index (χ1) is 14.6. The lowest BCUT2D eigenvalue weighted by atomic mass is 10.1. The Kier molecular flexibility index (Phi) is 7.66. The molecule has 2 aromatic carbocycles. The molecule has 4 nitrogen and oxygen atoms in total. The van der Waals surface area contributed by atoms with Crippen molar-refractivity contribution in [2.75, 3.05) is 0 Å². The molecule has 5 heteroatoms. The van der Waals surface area contributed by atoms with Gasteiger partial charge in [0.05, 0.1) is 23.1 Å². The van der Waals surface area contributed by atoms with Crippen LogP contribution in [0.5, 0.6) is 5.75 Å². The number of hydrogen-bond acceptors (Lipinski definition) is 4. The molecule has 0 aliphatic rings. The van der Waals surface area contributed by atoms with Crippen molar-refractivity contribution < 1.29 is 13.9 Å². The molecule has 0 bridgehead atoms. The van der Waals surface area contributed by atoms with Gasteiger partial charge in [-0.3, -0.25) is 9.97 Å². The zero-order valence-corrected chi connectivity index (χ0v) is 17.5. The predicted octanol–water partition coefficient (Wildman–Crippen LogP) is 6.19. The number of unbranched alkanes of at least 4 members (excludes halogenated alkanes) is 2. The zero-order chi connectivity index (χ0) is 21.3. The number of carbonyl (C=O) groups excluding carboxylic acids is 1. The molecule has 156 valence electrons. The van der Waals surface area contributed by atoms with E-state index in [0.717, 1.165) is 48.2 Å². The second kappa shape index (κ2) is 10.6. The standard InChI is InChI=1S/C25H27FN2O2/c1-3-5-6-8-21-16-28-23(17-27-21)19-10-12-20(13-11-19)25(29)30-24-14-9-18(7-4-2)15-22(24)26/h9-17H,3-8H2,1-2H3. The molecule has 0 spiro atoms. The molecule has 0 atom stereocenters. The Hall–Kier alpha value is -3.08. The molecule has 0 N–H and O–H groups in total. The van der Waals surface area contributed by atoms with Crippen LogP contribution in [-0.4, -0.2) is 15.9 Å². The van der Waals surface area contributed by atoms with Crippen molar-refractivity contribution in [3.05, 3.63) is 77.5 Å². The van der Waals surface area contributed by atoms with Crippen LogP contribution in [0.3, 0.4) is 0 Å². The molecule has 0 radical (unpaired) electrons. The van der Waals surface area contributed by atoms with Gasteiger partial charge in [0.2, 0.25) is 0 Å². The lowest BCUT2D eigenvalue weighted by molar-refractivity contribution is 0.0728. The van der Waals surface area contributed by atoms with Gasteiger partial charge in [0.25, 0.3) is 0 Å². The number of ether oxygens (including phenoxy) is 1. The average molecular weight is 407 g/mol. The first kappa shape index (κ1) is 21.6. The van der Waals surface area contributed by atoms with E-state index in [4.69, 9.17) is 4.74 Å². The fraction of sp³-hybridized carbons (Fsp3) is 0.320. The normalized spacial score (nSPS) is 10.8. The molecule has 0 unspecified atom stereocenters. The third kappa shape index (κ3) is 5.72. The number of aromatic nitrogens is 2. The Labute approximate surface area is 177 Å². The highest BCUT2D eigenvalue weighted by Crippen LogP contribution is 2.22. The van der Waals surface area contributed by atoms with Gasteiger partial charge in [-0.1, -0.05) is 51.3 Å². The Balaban J connectivity index is 1.64. The molecule has 0 aliphatic carbocycles. The van der Waals surface area contributed by atoms with Crippen LogP contribution < -0.4 is 4.74 Å². The summed E-state index contributed by atoms with van der Waals surface area (Å²) in [5.74, 6) is -1.19. The molecule has 0 amide bonds. The fourth-order valence-electron chi connectivity index (χ4n) is 3.20. The molecular weight excluding hydrogens is 379 g/mol. The minimum Gasteiger partial charge on any atom is -0.420 e. The topological polar surface area (TPSA) is 52.1 Å². The van der Waals surface area contributed by atoms with E-state index in [-0.39, 0.29) is 5.75 Å². The van der Waals surface area contributed by atoms with Gasteiger partial charge in [-0.2, -0.15) is 0 Å². The number of nitrogens with zero attached hydrogens (tertiary/aromatic N) is 2. The zero-order valence-electron chi connectivity index (χ0n) is 17.5. The first-order valence-corrected chi connectivity index (χ1v) is 10.5. The number of carbonyl (C=O) groups is 1. The monoisotopic (exact) mass is 406 g/mol. The molecule has 0 fully saturated rings. The van der Waals surface area contributed by atoms with Gasteiger partial charge in [0, 0.05) is 11.8 Å². The summed E-state index contributed by atoms with van der Waals surface area (Å²) in [6.07, 6.45) is 9.68. The third-order valence-corrected chi connectivity index (χ3v) is 4.90. The summed E-state index contributed by atoms with van der Waals surface area (Å²) in [7, 11) is 0. The SMILES string of the molecule is CCCCCc1cnc(-c2ccc(C(=O)Oc3ccc(CCC)cc3F)cc2)cn1. The maximum absolute atomic E-state index is 14.2. The second-order valence-electron chi connectivity index (χ2n) is 7.33. The van der Waals surface area contributed by atoms with E-state index in [2.05, 4.69) is 16.9 Å². The maximum atomic E-state index is 14.2. The Bertz CT molecular complexity index is 969. The molecule has 0 saturated heterocycles. The van der Waals surface area contributed by atoms with Crippen LogP contribution in [-0.2, 0) is 12.8 Å². The number of benzene rings is 2. The summed E-state index contributed by atoms with van der Waals surface area (Å²) in [4.78, 5) is 21.3. The van der Waals surface area contributed by atoms with Crippen molar-refractivity contribution >= 4 is 5.97 Å². The van der Waals surface area contributed by atoms with Crippen LogP contribution in [0.1, 0.15) is 61.1 Å². The Morgan fingerprint density at radius 3 is 2.37 bits per heavy atom. The summed E-state index contributed by atoms with van der Waals surface area (Å²) < 4.78 is 19.4. The highest BCUT2D eigenvalue weighted by Gasteiger charge is 2.13. The summed E-state index contributed by atoms with van der Waals surface area (Å²) in [5.41, 5.74) is 3.82. The van der Waals surface area contributed by atoms with E-state index in [1.807, 2.05) is 6.92 Å². The summed E-state index contributed by atoms with van der Waals surface area (Å²) in [6.45, 7) is 4.21. The van der Waals surface area contributed by atoms with Crippen molar-refractivity contribution in [3.8, 4) is 17.0 Å². The third-order valence-electron chi connectivity index (χ3n) is 4.90. The Morgan fingerprint density at radius 1 is 0.933 bits per heavy atom. The quantitative estimate of drug-likeness (QED) is 0.242. The number of aryl methyl sites for hydroxylation is 2. The van der Waals surface area contributed by atoms with E-state index >= 15 is 0 Å². The lowest BCUT2D eigenvalue weighted by Gasteiger charge is -2.08. The van der Waals surface area contributed by atoms with Crippen LogP contribution in [0.25, 0.3) is 11.3 Å². The number of halogens is 1. The molecule has 30 heavy (non-hydrogen) atoms. The number of rotatable bonds is 9. The van der Waals surface area contributed by atoms with E-state index in [1.165, 1.54) is 25.0 Å². The Morgan fingerprint density at radius 2 is 1.73 bits per heavy atom. The van der Waals surface area contributed by atoms with Crippen LogP contribution >= 0.6 is 0 Å². The van der Waals surface area contributed by atoms with Crippen molar-refractivity contribution in [2.24, 2.45) is 0 Å². The second-order valence-corrected chi connectivity index (χ2v) is 7.33. The van der Waals surface area contributed by atoms with Gasteiger partial charge in [-0.15, -0.1) is 0 Å². The number of esters is 1. The summed E-state index contributed by atoms with van der Waals surface area (Å²) >= 11 is 0. The van der Waals surface area contributed by atoms with Crippen LogP contribution in [0.2, 0.25) is 0 Å². The number of hydrogen-bond donors (Lipinski definition) is 0. The average Bonchev–Trinajstić information content (AvgIpc) is 2.77. The first-order valence-electron chi connectivity index (χ1n) is 10.5. The van der Waals surface area contributed by atoms with Crippen LogP contribution in [0.4, 0.5) is 4.39 Å². The van der Waals surface area contributed by atoms with Crippen LogP contribution in [0, 0.1) is 5.82 Å². The predicted molar refractivity (Wildman–Crippen MR) is 116 cm³/mol. The van der Waals surface area contributed by atoms with Crippen LogP contribution in [0.15, 0.2) is 54.9 Å². The van der Waals surface area contributed by atoms with Gasteiger partial charge in [0.1, 0.15) is 0 Å². The summed E-state index contributed by atoms with van der Waals surface area (Å²) in [6, 6.07) is 11.6. The molecule has 1 heterocycles. The van der Waals surface area contributed by atoms with Gasteiger partial charge >= 0.3 is 5.97 Å². The molecule has 1 aromatic heterocycles. The molecule has 0 aliphatic heterocycles. The van der Waals surface area contributed by atoms with Crippen molar-refractivity contribution in [2.45, 2.75) is 52.4 Å². The highest BCUT2D eigenvalue weighted by atomic mass is 19.1. The van der Waals surface area contributed by atoms with E-state index in [1.54, 1.807) is 42.7 Å². The van der Waals surface area contributed by atoms with E-state index < -0.39 is 11.8 Å². The van der Waals surface area contributed by atoms with Crippen molar-refractivity contribution in [1.82, 2.24) is 9.97 Å². The minimum absolute atomic E-state index is 0.0616.